The molecule has 0 N–H and O–H groups in total. The molecule has 112 valence electrons. The maximum atomic E-state index is 4.59. The van der Waals surface area contributed by atoms with Crippen LogP contribution in [0.15, 0.2) is 20.9 Å². The average molecular weight is 369 g/mol. The highest BCUT2D eigenvalue weighted by Crippen LogP contribution is 2.33. The number of nitrogens with zero attached hydrogens (tertiary/aromatic N) is 6. The Kier molecular flexibility index (Phi) is 4.54. The summed E-state index contributed by atoms with van der Waals surface area (Å²) in [6.07, 6.45) is 4.82. The fourth-order valence-electron chi connectivity index (χ4n) is 2.45. The van der Waals surface area contributed by atoms with Crippen molar-refractivity contribution in [1.82, 2.24) is 30.2 Å². The zero-order valence-electron chi connectivity index (χ0n) is 12.0. The minimum atomic E-state index is 0.285. The molecule has 2 heterocycles. The summed E-state index contributed by atoms with van der Waals surface area (Å²) in [4.78, 5) is 8.98. The van der Waals surface area contributed by atoms with Crippen molar-refractivity contribution in [2.45, 2.75) is 61.7 Å². The van der Waals surface area contributed by atoms with Gasteiger partial charge >= 0.3 is 0 Å². The van der Waals surface area contributed by atoms with Crippen LogP contribution in [0.1, 0.15) is 57.3 Å². The van der Waals surface area contributed by atoms with Crippen LogP contribution in [0.5, 0.6) is 0 Å². The fraction of sp³-hybridized carbons (Fsp3) is 0.615. The van der Waals surface area contributed by atoms with Crippen molar-refractivity contribution in [2.75, 3.05) is 0 Å². The Balaban J connectivity index is 1.85. The van der Waals surface area contributed by atoms with Crippen LogP contribution in [0.2, 0.25) is 0 Å². The summed E-state index contributed by atoms with van der Waals surface area (Å²) in [5.41, 5.74) is 0. The van der Waals surface area contributed by atoms with Crippen LogP contribution in [0.4, 0.5) is 0 Å². The molecule has 0 aromatic carbocycles. The average Bonchev–Trinajstić information content (AvgIpc) is 3.08. The molecule has 0 aliphatic heterocycles. The van der Waals surface area contributed by atoms with Gasteiger partial charge in [-0.05, 0) is 51.0 Å². The number of tetrazole rings is 1. The van der Waals surface area contributed by atoms with Crippen molar-refractivity contribution in [2.24, 2.45) is 0 Å². The van der Waals surface area contributed by atoms with E-state index in [-0.39, 0.29) is 5.92 Å². The van der Waals surface area contributed by atoms with Gasteiger partial charge in [0.2, 0.25) is 5.16 Å². The first kappa shape index (κ1) is 14.9. The summed E-state index contributed by atoms with van der Waals surface area (Å²) in [5.74, 6) is 1.11. The number of aromatic nitrogens is 6. The van der Waals surface area contributed by atoms with Crippen molar-refractivity contribution in [1.29, 1.82) is 0 Å². The monoisotopic (exact) mass is 368 g/mol. The van der Waals surface area contributed by atoms with Crippen LogP contribution >= 0.6 is 27.7 Å². The van der Waals surface area contributed by atoms with E-state index in [0.29, 0.717) is 6.04 Å². The smallest absolute Gasteiger partial charge is 0.215 e. The van der Waals surface area contributed by atoms with Gasteiger partial charge in [0.1, 0.15) is 15.5 Å². The van der Waals surface area contributed by atoms with Gasteiger partial charge in [-0.1, -0.05) is 26.7 Å². The summed E-state index contributed by atoms with van der Waals surface area (Å²) < 4.78 is 2.74. The second kappa shape index (κ2) is 6.39. The van der Waals surface area contributed by atoms with Gasteiger partial charge in [0.15, 0.2) is 0 Å². The van der Waals surface area contributed by atoms with Gasteiger partial charge in [-0.2, -0.15) is 0 Å². The molecule has 1 fully saturated rings. The van der Waals surface area contributed by atoms with E-state index in [9.17, 15) is 0 Å². The van der Waals surface area contributed by atoms with Crippen molar-refractivity contribution in [3.8, 4) is 0 Å². The first-order valence-electron chi connectivity index (χ1n) is 7.13. The lowest BCUT2D eigenvalue weighted by Gasteiger charge is -2.11. The molecule has 0 radical (unpaired) electrons. The van der Waals surface area contributed by atoms with E-state index in [0.717, 1.165) is 33.5 Å². The van der Waals surface area contributed by atoms with E-state index in [1.54, 1.807) is 0 Å². The molecule has 2 aromatic heterocycles. The molecular weight excluding hydrogens is 352 g/mol. The first-order chi connectivity index (χ1) is 10.1. The van der Waals surface area contributed by atoms with Gasteiger partial charge in [-0.15, -0.1) is 5.10 Å². The lowest BCUT2D eigenvalue weighted by molar-refractivity contribution is 0.423. The van der Waals surface area contributed by atoms with E-state index in [1.807, 2.05) is 10.7 Å². The zero-order chi connectivity index (χ0) is 14.8. The van der Waals surface area contributed by atoms with Gasteiger partial charge in [0, 0.05) is 12.0 Å². The van der Waals surface area contributed by atoms with Crippen LogP contribution in [-0.4, -0.2) is 30.2 Å². The third-order valence-electron chi connectivity index (χ3n) is 3.53. The van der Waals surface area contributed by atoms with E-state index < -0.39 is 0 Å². The first-order valence-corrected chi connectivity index (χ1v) is 8.74. The molecule has 8 heteroatoms. The molecule has 0 bridgehead atoms. The van der Waals surface area contributed by atoms with E-state index >= 15 is 0 Å². The standard InChI is InChI=1S/C13H17BrN6S/c1-8(2)12-15-10(14)7-11(16-12)21-13-17-18-19-20(13)9-5-3-4-6-9/h7-9H,3-6H2,1-2H3. The quantitative estimate of drug-likeness (QED) is 0.767. The normalized spacial score (nSPS) is 16.0. The van der Waals surface area contributed by atoms with Crippen LogP contribution in [-0.2, 0) is 0 Å². The van der Waals surface area contributed by atoms with Crippen LogP contribution in [0.3, 0.4) is 0 Å². The second-order valence-corrected chi connectivity index (χ2v) is 7.29. The van der Waals surface area contributed by atoms with Crippen molar-refractivity contribution in [3.63, 3.8) is 0 Å². The predicted octanol–water partition coefficient (Wildman–Crippen LogP) is 3.62. The van der Waals surface area contributed by atoms with Gasteiger partial charge in [0.05, 0.1) is 6.04 Å². The summed E-state index contributed by atoms with van der Waals surface area (Å²) in [6, 6.07) is 2.34. The summed E-state index contributed by atoms with van der Waals surface area (Å²) in [5, 5.41) is 13.8. The Labute approximate surface area is 136 Å². The molecule has 0 unspecified atom stereocenters. The molecule has 0 amide bonds. The highest BCUT2D eigenvalue weighted by Gasteiger charge is 2.22. The topological polar surface area (TPSA) is 69.4 Å². The van der Waals surface area contributed by atoms with Gasteiger partial charge < -0.3 is 0 Å². The molecule has 0 spiro atoms. The summed E-state index contributed by atoms with van der Waals surface area (Å²) in [6.45, 7) is 4.16. The maximum Gasteiger partial charge on any atom is 0.215 e. The Morgan fingerprint density at radius 3 is 2.76 bits per heavy atom. The van der Waals surface area contributed by atoms with E-state index in [2.05, 4.69) is 55.3 Å². The second-order valence-electron chi connectivity index (χ2n) is 5.49. The molecule has 0 atom stereocenters. The molecule has 0 saturated heterocycles. The van der Waals surface area contributed by atoms with Crippen LogP contribution < -0.4 is 0 Å². The molecule has 21 heavy (non-hydrogen) atoms. The maximum absolute atomic E-state index is 4.59. The van der Waals surface area contributed by atoms with Gasteiger partial charge in [0.25, 0.3) is 0 Å². The molecular formula is C13H17BrN6S. The highest BCUT2D eigenvalue weighted by molar-refractivity contribution is 9.10. The van der Waals surface area contributed by atoms with Crippen LogP contribution in [0, 0.1) is 0 Å². The van der Waals surface area contributed by atoms with E-state index in [1.165, 1.54) is 24.6 Å². The zero-order valence-corrected chi connectivity index (χ0v) is 14.4. The van der Waals surface area contributed by atoms with E-state index in [4.69, 9.17) is 0 Å². The molecule has 6 nitrogen and oxygen atoms in total. The highest BCUT2D eigenvalue weighted by atomic mass is 79.9. The predicted molar refractivity (Wildman–Crippen MR) is 83.3 cm³/mol. The summed E-state index contributed by atoms with van der Waals surface area (Å²) >= 11 is 4.95. The minimum absolute atomic E-state index is 0.285. The lowest BCUT2D eigenvalue weighted by atomic mass is 10.2. The fourth-order valence-corrected chi connectivity index (χ4v) is 3.85. The number of hydrogen-bond acceptors (Lipinski definition) is 6. The SMILES string of the molecule is CC(C)c1nc(Br)cc(Sc2nnnn2C2CCCC2)n1. The minimum Gasteiger partial charge on any atom is -0.226 e. The lowest BCUT2D eigenvalue weighted by Crippen LogP contribution is -2.08. The van der Waals surface area contributed by atoms with Gasteiger partial charge in [-0.25, -0.2) is 14.6 Å². The number of rotatable bonds is 4. The molecule has 2 aromatic rings. The Bertz CT molecular complexity index is 623. The molecule has 1 aliphatic carbocycles. The van der Waals surface area contributed by atoms with Gasteiger partial charge in [-0.3, -0.25) is 0 Å². The third-order valence-corrected chi connectivity index (χ3v) is 4.81. The Hall–Kier alpha value is -1.02. The molecule has 1 aliphatic rings. The summed E-state index contributed by atoms with van der Waals surface area (Å²) in [7, 11) is 0. The van der Waals surface area contributed by atoms with Crippen molar-refractivity contribution >= 4 is 27.7 Å². The number of hydrogen-bond donors (Lipinski definition) is 0. The molecule has 1 saturated carbocycles. The van der Waals surface area contributed by atoms with Crippen LogP contribution in [0.25, 0.3) is 0 Å². The van der Waals surface area contributed by atoms with Crippen molar-refractivity contribution in [3.05, 3.63) is 16.5 Å². The largest absolute Gasteiger partial charge is 0.226 e. The Morgan fingerprint density at radius 2 is 2.05 bits per heavy atom. The Morgan fingerprint density at radius 1 is 1.29 bits per heavy atom. The third kappa shape index (κ3) is 3.42. The molecule has 3 rings (SSSR count). The number of halogens is 1. The van der Waals surface area contributed by atoms with Crippen molar-refractivity contribution < 1.29 is 0 Å².